The summed E-state index contributed by atoms with van der Waals surface area (Å²) in [4.78, 5) is 0. The van der Waals surface area contributed by atoms with Gasteiger partial charge in [0.05, 0.1) is 0 Å². The maximum atomic E-state index is 12.6. The number of hydrogen-bond acceptors (Lipinski definition) is 2. The summed E-state index contributed by atoms with van der Waals surface area (Å²) >= 11 is 0. The second-order valence-corrected chi connectivity index (χ2v) is 3.75. The summed E-state index contributed by atoms with van der Waals surface area (Å²) in [6.45, 7) is 1.01. The van der Waals surface area contributed by atoms with Crippen LogP contribution in [0, 0.1) is 6.92 Å². The Bertz CT molecular complexity index is 416. The molecule has 18 heavy (non-hydrogen) atoms. The van der Waals surface area contributed by atoms with E-state index in [0.717, 1.165) is 19.1 Å². The van der Waals surface area contributed by atoms with Crippen molar-refractivity contribution in [3.05, 3.63) is 29.3 Å². The molecule has 0 aliphatic carbocycles. The lowest BCUT2D eigenvalue weighted by Crippen LogP contribution is -2.54. The molecule has 2 nitrogen and oxygen atoms in total. The summed E-state index contributed by atoms with van der Waals surface area (Å²) in [5, 5.41) is 9.19. The number of nitrogen functional groups attached to an aromatic ring is 1. The predicted molar refractivity (Wildman–Crippen MR) is 51.6 cm³/mol. The van der Waals surface area contributed by atoms with E-state index in [0.29, 0.717) is 0 Å². The van der Waals surface area contributed by atoms with E-state index < -0.39 is 34.8 Å². The number of alkyl halides is 6. The van der Waals surface area contributed by atoms with Crippen LogP contribution >= 0.6 is 0 Å². The lowest BCUT2D eigenvalue weighted by Gasteiger charge is -2.34. The molecular formula is C10H9F6NO. The molecule has 1 aromatic rings. The number of rotatable bonds is 1. The van der Waals surface area contributed by atoms with Crippen molar-refractivity contribution < 1.29 is 31.4 Å². The highest BCUT2D eigenvalue weighted by atomic mass is 19.4. The van der Waals surface area contributed by atoms with Crippen molar-refractivity contribution >= 4 is 5.69 Å². The first-order chi connectivity index (χ1) is 7.93. The first-order valence-corrected chi connectivity index (χ1v) is 4.64. The average molecular weight is 273 g/mol. The molecule has 0 amide bonds. The van der Waals surface area contributed by atoms with Crippen LogP contribution in [-0.2, 0) is 5.60 Å². The van der Waals surface area contributed by atoms with E-state index in [9.17, 15) is 31.4 Å². The maximum Gasteiger partial charge on any atom is 0.430 e. The fraction of sp³-hybridized carbons (Fsp3) is 0.400. The number of aliphatic hydroxyl groups is 1. The van der Waals surface area contributed by atoms with E-state index in [1.165, 1.54) is 6.07 Å². The van der Waals surface area contributed by atoms with Gasteiger partial charge in [0.15, 0.2) is 0 Å². The third-order valence-corrected chi connectivity index (χ3v) is 2.49. The van der Waals surface area contributed by atoms with Crippen molar-refractivity contribution in [2.75, 3.05) is 5.73 Å². The van der Waals surface area contributed by atoms with Gasteiger partial charge in [0, 0.05) is 11.3 Å². The Kier molecular flexibility index (Phi) is 3.28. The van der Waals surface area contributed by atoms with Crippen LogP contribution in [0.25, 0.3) is 0 Å². The van der Waals surface area contributed by atoms with Crippen molar-refractivity contribution in [1.29, 1.82) is 0 Å². The molecule has 0 aliphatic heterocycles. The molecule has 0 unspecified atom stereocenters. The lowest BCUT2D eigenvalue weighted by atomic mass is 9.87. The van der Waals surface area contributed by atoms with Gasteiger partial charge in [-0.1, -0.05) is 12.1 Å². The maximum absolute atomic E-state index is 12.6. The van der Waals surface area contributed by atoms with Crippen LogP contribution in [-0.4, -0.2) is 17.5 Å². The van der Waals surface area contributed by atoms with Gasteiger partial charge >= 0.3 is 12.4 Å². The molecule has 0 atom stereocenters. The van der Waals surface area contributed by atoms with E-state index in [1.54, 1.807) is 0 Å². The summed E-state index contributed by atoms with van der Waals surface area (Å²) in [7, 11) is 0. The summed E-state index contributed by atoms with van der Waals surface area (Å²) in [5.74, 6) is 0. The van der Waals surface area contributed by atoms with Crippen LogP contribution in [0.3, 0.4) is 0 Å². The number of nitrogens with two attached hydrogens (primary N) is 1. The molecule has 102 valence electrons. The van der Waals surface area contributed by atoms with Crippen LogP contribution in [0.2, 0.25) is 0 Å². The van der Waals surface area contributed by atoms with Gasteiger partial charge in [0.2, 0.25) is 0 Å². The number of anilines is 1. The summed E-state index contributed by atoms with van der Waals surface area (Å²) < 4.78 is 75.7. The Morgan fingerprint density at radius 2 is 1.44 bits per heavy atom. The van der Waals surface area contributed by atoms with Gasteiger partial charge in [0.25, 0.3) is 5.60 Å². The van der Waals surface area contributed by atoms with Gasteiger partial charge in [-0.05, 0) is 18.6 Å². The Labute approximate surface area is 98.0 Å². The molecule has 0 bridgehead atoms. The highest BCUT2D eigenvalue weighted by molar-refractivity contribution is 5.55. The van der Waals surface area contributed by atoms with Crippen LogP contribution in [0.4, 0.5) is 32.0 Å². The zero-order valence-corrected chi connectivity index (χ0v) is 9.02. The first kappa shape index (κ1) is 14.6. The van der Waals surface area contributed by atoms with Crippen LogP contribution in [0.1, 0.15) is 11.1 Å². The van der Waals surface area contributed by atoms with Gasteiger partial charge in [-0.15, -0.1) is 0 Å². The third kappa shape index (κ3) is 2.00. The smallest absolute Gasteiger partial charge is 0.398 e. The number of halogens is 6. The first-order valence-electron chi connectivity index (χ1n) is 4.64. The molecule has 1 rings (SSSR count). The normalized spacial score (nSPS) is 13.8. The van der Waals surface area contributed by atoms with Crippen molar-refractivity contribution in [3.8, 4) is 0 Å². The van der Waals surface area contributed by atoms with E-state index >= 15 is 0 Å². The molecule has 0 saturated heterocycles. The zero-order valence-electron chi connectivity index (χ0n) is 9.02. The Balaban J connectivity index is 3.67. The molecule has 0 fully saturated rings. The van der Waals surface area contributed by atoms with E-state index in [4.69, 9.17) is 5.73 Å². The number of aryl methyl sites for hydroxylation is 1. The van der Waals surface area contributed by atoms with Crippen LogP contribution in [0.5, 0.6) is 0 Å². The monoisotopic (exact) mass is 273 g/mol. The second-order valence-electron chi connectivity index (χ2n) is 3.75. The minimum atomic E-state index is -5.93. The average Bonchev–Trinajstić information content (AvgIpc) is 2.13. The topological polar surface area (TPSA) is 46.2 Å². The van der Waals surface area contributed by atoms with Crippen molar-refractivity contribution in [1.82, 2.24) is 0 Å². The fourth-order valence-corrected chi connectivity index (χ4v) is 1.63. The van der Waals surface area contributed by atoms with Crippen LogP contribution in [0.15, 0.2) is 18.2 Å². The lowest BCUT2D eigenvalue weighted by molar-refractivity contribution is -0.376. The zero-order chi connectivity index (χ0) is 14.4. The van der Waals surface area contributed by atoms with Gasteiger partial charge in [-0.2, -0.15) is 26.3 Å². The predicted octanol–water partition coefficient (Wildman–Crippen LogP) is 2.89. The van der Waals surface area contributed by atoms with Gasteiger partial charge < -0.3 is 10.8 Å². The fourth-order valence-electron chi connectivity index (χ4n) is 1.63. The summed E-state index contributed by atoms with van der Waals surface area (Å²) in [5.41, 5.74) is -2.39. The summed E-state index contributed by atoms with van der Waals surface area (Å²) in [6.07, 6.45) is -11.9. The van der Waals surface area contributed by atoms with Gasteiger partial charge in [0.1, 0.15) is 0 Å². The summed E-state index contributed by atoms with van der Waals surface area (Å²) in [6, 6.07) is 3.07. The Morgan fingerprint density at radius 1 is 1.00 bits per heavy atom. The molecular weight excluding hydrogens is 264 g/mol. The van der Waals surface area contributed by atoms with Crippen LogP contribution < -0.4 is 5.73 Å². The largest absolute Gasteiger partial charge is 0.430 e. The third-order valence-electron chi connectivity index (χ3n) is 2.49. The van der Waals surface area contributed by atoms with Crippen molar-refractivity contribution in [2.45, 2.75) is 24.9 Å². The molecule has 0 radical (unpaired) electrons. The second kappa shape index (κ2) is 4.04. The van der Waals surface area contributed by atoms with E-state index in [2.05, 4.69) is 0 Å². The molecule has 1 aromatic carbocycles. The molecule has 0 aromatic heterocycles. The van der Waals surface area contributed by atoms with Gasteiger partial charge in [-0.25, -0.2) is 0 Å². The molecule has 0 heterocycles. The molecule has 3 N–H and O–H groups in total. The van der Waals surface area contributed by atoms with E-state index in [1.807, 2.05) is 0 Å². The highest BCUT2D eigenvalue weighted by Gasteiger charge is 2.72. The Morgan fingerprint density at radius 3 is 1.78 bits per heavy atom. The minimum absolute atomic E-state index is 0.396. The quantitative estimate of drug-likeness (QED) is 0.610. The molecule has 8 heteroatoms. The molecule has 0 spiro atoms. The molecule has 0 saturated carbocycles. The van der Waals surface area contributed by atoms with Gasteiger partial charge in [-0.3, -0.25) is 0 Å². The number of hydrogen-bond donors (Lipinski definition) is 2. The molecule has 0 aliphatic rings. The highest BCUT2D eigenvalue weighted by Crippen LogP contribution is 2.52. The SMILES string of the molecule is Cc1cccc(N)c1C(O)(C(F)(F)F)C(F)(F)F. The van der Waals surface area contributed by atoms with Crippen molar-refractivity contribution in [3.63, 3.8) is 0 Å². The standard InChI is InChI=1S/C10H9F6NO/c1-5-3-2-4-6(17)7(5)8(18,9(11,12)13)10(14,15)16/h2-4,18H,17H2,1H3. The van der Waals surface area contributed by atoms with Crippen molar-refractivity contribution in [2.24, 2.45) is 0 Å². The minimum Gasteiger partial charge on any atom is -0.398 e. The number of benzene rings is 1. The Hall–Kier alpha value is -1.44. The van der Waals surface area contributed by atoms with E-state index in [-0.39, 0.29) is 0 Å².